The van der Waals surface area contributed by atoms with E-state index in [1.54, 1.807) is 24.3 Å². The normalized spacial score (nSPS) is 11.3. The van der Waals surface area contributed by atoms with Gasteiger partial charge in [0.2, 0.25) is 0 Å². The van der Waals surface area contributed by atoms with Crippen LogP contribution in [0.5, 0.6) is 0 Å². The van der Waals surface area contributed by atoms with Crippen LogP contribution in [0.25, 0.3) is 0 Å². The molecule has 6 heteroatoms. The number of nitrogens with one attached hydrogen (secondary N) is 3. The highest BCUT2D eigenvalue weighted by atomic mass is 16.5. The molecule has 0 unspecified atom stereocenters. The lowest BCUT2D eigenvalue weighted by Crippen LogP contribution is -2.42. The zero-order valence-electron chi connectivity index (χ0n) is 16.6. The molecule has 0 aromatic heterocycles. The summed E-state index contributed by atoms with van der Waals surface area (Å²) >= 11 is 0. The number of carbonyl (C=O) groups is 2. The van der Waals surface area contributed by atoms with E-state index < -0.39 is 0 Å². The summed E-state index contributed by atoms with van der Waals surface area (Å²) in [5.74, 6) is 0.401. The molecule has 6 nitrogen and oxygen atoms in total. The molecule has 0 aliphatic carbocycles. The molecule has 0 aliphatic rings. The van der Waals surface area contributed by atoms with Crippen molar-refractivity contribution in [2.45, 2.75) is 53.0 Å². The monoisotopic (exact) mass is 363 g/mol. The summed E-state index contributed by atoms with van der Waals surface area (Å²) in [4.78, 5) is 24.1. The van der Waals surface area contributed by atoms with E-state index in [4.69, 9.17) is 4.74 Å². The van der Waals surface area contributed by atoms with Crippen molar-refractivity contribution in [3.8, 4) is 0 Å². The second-order valence-corrected chi connectivity index (χ2v) is 7.47. The zero-order chi connectivity index (χ0) is 19.6. The van der Waals surface area contributed by atoms with Gasteiger partial charge < -0.3 is 20.7 Å². The molecule has 0 spiro atoms. The van der Waals surface area contributed by atoms with Crippen LogP contribution in [0.2, 0.25) is 0 Å². The fourth-order valence-corrected chi connectivity index (χ4v) is 2.04. The molecule has 0 saturated carbocycles. The van der Waals surface area contributed by atoms with Crippen molar-refractivity contribution in [3.05, 3.63) is 29.8 Å². The van der Waals surface area contributed by atoms with Gasteiger partial charge in [-0.25, -0.2) is 4.79 Å². The van der Waals surface area contributed by atoms with Crippen molar-refractivity contribution in [3.63, 3.8) is 0 Å². The smallest absolute Gasteiger partial charge is 0.319 e. The van der Waals surface area contributed by atoms with Gasteiger partial charge in [0.05, 0.1) is 0 Å². The van der Waals surface area contributed by atoms with E-state index in [1.165, 1.54) is 0 Å². The second-order valence-electron chi connectivity index (χ2n) is 7.47. The van der Waals surface area contributed by atoms with Crippen LogP contribution in [-0.4, -0.2) is 37.2 Å². The Hall–Kier alpha value is -2.08. The largest absolute Gasteiger partial charge is 0.381 e. The van der Waals surface area contributed by atoms with Crippen LogP contribution in [-0.2, 0) is 4.74 Å². The van der Waals surface area contributed by atoms with Crippen LogP contribution < -0.4 is 16.0 Å². The molecule has 0 aliphatic heterocycles. The molecular formula is C20H33N3O3. The summed E-state index contributed by atoms with van der Waals surface area (Å²) in [5, 5.41) is 8.52. The zero-order valence-corrected chi connectivity index (χ0v) is 16.6. The van der Waals surface area contributed by atoms with Gasteiger partial charge in [-0.3, -0.25) is 4.79 Å². The maximum absolute atomic E-state index is 12.2. The molecule has 1 aromatic carbocycles. The molecule has 146 valence electrons. The molecule has 26 heavy (non-hydrogen) atoms. The predicted molar refractivity (Wildman–Crippen MR) is 106 cm³/mol. The highest BCUT2D eigenvalue weighted by Gasteiger charge is 2.18. The maximum Gasteiger partial charge on any atom is 0.319 e. The van der Waals surface area contributed by atoms with Gasteiger partial charge in [-0.2, -0.15) is 0 Å². The first-order chi connectivity index (χ1) is 12.2. The third kappa shape index (κ3) is 8.85. The lowest BCUT2D eigenvalue weighted by atomic mass is 10.0. The van der Waals surface area contributed by atoms with E-state index >= 15 is 0 Å². The van der Waals surface area contributed by atoms with Gasteiger partial charge in [-0.05, 0) is 56.9 Å². The van der Waals surface area contributed by atoms with E-state index in [1.807, 2.05) is 20.8 Å². The molecule has 3 N–H and O–H groups in total. The Labute approximate surface area is 157 Å². The van der Waals surface area contributed by atoms with Crippen molar-refractivity contribution in [1.82, 2.24) is 10.6 Å². The Morgan fingerprint density at radius 3 is 2.38 bits per heavy atom. The van der Waals surface area contributed by atoms with Crippen molar-refractivity contribution >= 4 is 17.6 Å². The maximum atomic E-state index is 12.2. The van der Waals surface area contributed by atoms with Crippen molar-refractivity contribution in [2.24, 2.45) is 5.92 Å². The molecule has 0 saturated heterocycles. The Kier molecular flexibility index (Phi) is 9.13. The number of rotatable bonds is 10. The fourth-order valence-electron chi connectivity index (χ4n) is 2.04. The first-order valence-electron chi connectivity index (χ1n) is 9.28. The van der Waals surface area contributed by atoms with E-state index in [0.717, 1.165) is 19.4 Å². The molecule has 0 bridgehead atoms. The van der Waals surface area contributed by atoms with E-state index in [-0.39, 0.29) is 17.5 Å². The van der Waals surface area contributed by atoms with Gasteiger partial charge in [0.1, 0.15) is 0 Å². The minimum atomic E-state index is -0.266. The molecule has 0 radical (unpaired) electrons. The predicted octanol–water partition coefficient (Wildman–Crippen LogP) is 3.79. The fraction of sp³-hybridized carbons (Fsp3) is 0.600. The SMILES string of the molecule is CCC(C)(C)NC(=O)c1ccc(NC(=O)NCCCOCC(C)C)cc1. The Balaban J connectivity index is 2.35. The number of ether oxygens (including phenoxy) is 1. The minimum absolute atomic E-state index is 0.116. The average molecular weight is 364 g/mol. The van der Waals surface area contributed by atoms with Crippen molar-refractivity contribution < 1.29 is 14.3 Å². The number of urea groups is 1. The molecule has 3 amide bonds. The summed E-state index contributed by atoms with van der Waals surface area (Å²) in [6.45, 7) is 12.1. The molecule has 0 atom stereocenters. The van der Waals surface area contributed by atoms with E-state index in [0.29, 0.717) is 30.3 Å². The van der Waals surface area contributed by atoms with Crippen LogP contribution in [0.15, 0.2) is 24.3 Å². The Morgan fingerprint density at radius 2 is 1.81 bits per heavy atom. The second kappa shape index (κ2) is 10.8. The van der Waals surface area contributed by atoms with Crippen molar-refractivity contribution in [1.29, 1.82) is 0 Å². The van der Waals surface area contributed by atoms with Crippen LogP contribution in [0.4, 0.5) is 10.5 Å². The summed E-state index contributed by atoms with van der Waals surface area (Å²) in [5.41, 5.74) is 0.969. The highest BCUT2D eigenvalue weighted by molar-refractivity contribution is 5.95. The third-order valence-electron chi connectivity index (χ3n) is 3.94. The molecule has 0 heterocycles. The highest BCUT2D eigenvalue weighted by Crippen LogP contribution is 2.12. The molecular weight excluding hydrogens is 330 g/mol. The van der Waals surface area contributed by atoms with Crippen molar-refractivity contribution in [2.75, 3.05) is 25.1 Å². The first kappa shape index (κ1) is 22.0. The van der Waals surface area contributed by atoms with Crippen LogP contribution in [0.3, 0.4) is 0 Å². The van der Waals surface area contributed by atoms with Gasteiger partial charge in [-0.15, -0.1) is 0 Å². The summed E-state index contributed by atoms with van der Waals surface area (Å²) in [6.07, 6.45) is 1.62. The minimum Gasteiger partial charge on any atom is -0.381 e. The summed E-state index contributed by atoms with van der Waals surface area (Å²) in [7, 11) is 0. The summed E-state index contributed by atoms with van der Waals surface area (Å²) < 4.78 is 5.46. The Bertz CT molecular complexity index is 568. The standard InChI is InChI=1S/C20H33N3O3/c1-6-20(4,5)23-18(24)16-8-10-17(11-9-16)22-19(25)21-12-7-13-26-14-15(2)3/h8-11,15H,6-7,12-14H2,1-5H3,(H,23,24)(H2,21,22,25). The topological polar surface area (TPSA) is 79.5 Å². The van der Waals surface area contributed by atoms with Crippen LogP contribution >= 0.6 is 0 Å². The lowest BCUT2D eigenvalue weighted by molar-refractivity contribution is 0.0911. The lowest BCUT2D eigenvalue weighted by Gasteiger charge is -2.24. The number of amides is 3. The summed E-state index contributed by atoms with van der Waals surface area (Å²) in [6, 6.07) is 6.59. The number of benzene rings is 1. The van der Waals surface area contributed by atoms with Gasteiger partial charge in [0, 0.05) is 36.5 Å². The average Bonchev–Trinajstić information content (AvgIpc) is 2.58. The molecule has 0 fully saturated rings. The quantitative estimate of drug-likeness (QED) is 0.553. The van der Waals surface area contributed by atoms with E-state index in [9.17, 15) is 9.59 Å². The third-order valence-corrected chi connectivity index (χ3v) is 3.94. The number of hydrogen-bond acceptors (Lipinski definition) is 3. The Morgan fingerprint density at radius 1 is 1.15 bits per heavy atom. The number of hydrogen-bond donors (Lipinski definition) is 3. The van der Waals surface area contributed by atoms with Gasteiger partial charge in [0.25, 0.3) is 5.91 Å². The van der Waals surface area contributed by atoms with Gasteiger partial charge >= 0.3 is 6.03 Å². The van der Waals surface area contributed by atoms with Gasteiger partial charge in [0.15, 0.2) is 0 Å². The van der Waals surface area contributed by atoms with E-state index in [2.05, 4.69) is 29.8 Å². The number of carbonyl (C=O) groups excluding carboxylic acids is 2. The van der Waals surface area contributed by atoms with Crippen LogP contribution in [0.1, 0.15) is 57.8 Å². The molecule has 1 aromatic rings. The van der Waals surface area contributed by atoms with Crippen LogP contribution in [0, 0.1) is 5.92 Å². The first-order valence-corrected chi connectivity index (χ1v) is 9.28. The molecule has 1 rings (SSSR count). The number of anilines is 1. The van der Waals surface area contributed by atoms with Gasteiger partial charge in [-0.1, -0.05) is 20.8 Å².